The number of rotatable bonds is 6. The summed E-state index contributed by atoms with van der Waals surface area (Å²) in [6.07, 6.45) is 1.66. The Morgan fingerprint density at radius 3 is 1.29 bits per heavy atom. The lowest BCUT2D eigenvalue weighted by molar-refractivity contribution is -0.158. The highest BCUT2D eigenvalue weighted by atomic mass is 16.5. The summed E-state index contributed by atoms with van der Waals surface area (Å²) in [6.45, 7) is 11.6. The van der Waals surface area contributed by atoms with Crippen LogP contribution in [0.1, 0.15) is 39.5 Å². The first-order chi connectivity index (χ1) is 13.1. The monoisotopic (exact) mass is 396 g/mol. The third-order valence-electron chi connectivity index (χ3n) is 4.82. The summed E-state index contributed by atoms with van der Waals surface area (Å²) in [4.78, 5) is 44.4. The molecule has 8 heteroatoms. The standard InChI is InChI=1S/C12H18O4.C8H10O4/c1-4-15-11(13)9-6-8(3)7-10(9)12(14)16-5-2;1-4-2-5(7(9)10)6(3-4)8(11)12/h9-10H,3-7H2,1-2H3;5-6H,1-3H2,(H,9,10)(H,11,12)/t9-,10-;5-,6-/m11/s1. The van der Waals surface area contributed by atoms with Crippen molar-refractivity contribution in [2.45, 2.75) is 39.5 Å². The van der Waals surface area contributed by atoms with Crippen LogP contribution in [0.3, 0.4) is 0 Å². The average molecular weight is 396 g/mol. The zero-order valence-corrected chi connectivity index (χ0v) is 16.3. The van der Waals surface area contributed by atoms with Crippen LogP contribution in [0, 0.1) is 23.7 Å². The number of carboxylic acid groups (broad SMARTS) is 2. The van der Waals surface area contributed by atoms with E-state index in [9.17, 15) is 19.2 Å². The smallest absolute Gasteiger partial charge is 0.310 e. The molecule has 0 heterocycles. The molecule has 156 valence electrons. The number of carboxylic acids is 2. The summed E-state index contributed by atoms with van der Waals surface area (Å²) in [5.74, 6) is -5.11. The van der Waals surface area contributed by atoms with E-state index in [1.165, 1.54) is 0 Å². The van der Waals surface area contributed by atoms with Crippen molar-refractivity contribution < 1.29 is 38.9 Å². The van der Waals surface area contributed by atoms with Crippen molar-refractivity contribution in [1.29, 1.82) is 0 Å². The maximum atomic E-state index is 11.6. The molecule has 0 aromatic heterocycles. The highest BCUT2D eigenvalue weighted by Crippen LogP contribution is 2.37. The number of carbonyl (C=O) groups excluding carboxylic acids is 2. The predicted molar refractivity (Wildman–Crippen MR) is 99.2 cm³/mol. The molecule has 2 N–H and O–H groups in total. The average Bonchev–Trinajstić information content (AvgIpc) is 3.19. The van der Waals surface area contributed by atoms with Gasteiger partial charge in [0.1, 0.15) is 0 Å². The van der Waals surface area contributed by atoms with Gasteiger partial charge in [0.15, 0.2) is 0 Å². The third-order valence-corrected chi connectivity index (χ3v) is 4.82. The minimum Gasteiger partial charge on any atom is -0.481 e. The van der Waals surface area contributed by atoms with Crippen LogP contribution in [0.2, 0.25) is 0 Å². The van der Waals surface area contributed by atoms with E-state index in [2.05, 4.69) is 13.2 Å². The number of hydrogen-bond donors (Lipinski definition) is 2. The fourth-order valence-corrected chi connectivity index (χ4v) is 3.49. The highest BCUT2D eigenvalue weighted by molar-refractivity contribution is 5.84. The Bertz CT molecular complexity index is 599. The van der Waals surface area contributed by atoms with E-state index in [0.29, 0.717) is 38.9 Å². The van der Waals surface area contributed by atoms with Gasteiger partial charge in [-0.2, -0.15) is 0 Å². The molecule has 0 saturated heterocycles. The van der Waals surface area contributed by atoms with E-state index < -0.39 is 35.6 Å². The number of ether oxygens (including phenoxy) is 2. The maximum Gasteiger partial charge on any atom is 0.310 e. The van der Waals surface area contributed by atoms with Crippen molar-refractivity contribution in [3.05, 3.63) is 24.3 Å². The molecule has 2 fully saturated rings. The second kappa shape index (κ2) is 10.6. The van der Waals surface area contributed by atoms with Crippen molar-refractivity contribution in [2.75, 3.05) is 13.2 Å². The number of hydrogen-bond acceptors (Lipinski definition) is 6. The number of aliphatic carboxylic acids is 2. The Labute approximate surface area is 164 Å². The molecule has 0 amide bonds. The second-order valence-corrected chi connectivity index (χ2v) is 6.92. The third kappa shape index (κ3) is 6.21. The minimum atomic E-state index is -1.04. The molecule has 0 aromatic carbocycles. The zero-order valence-electron chi connectivity index (χ0n) is 16.3. The van der Waals surface area contributed by atoms with Crippen LogP contribution >= 0.6 is 0 Å². The van der Waals surface area contributed by atoms with Gasteiger partial charge in [-0.05, 0) is 39.5 Å². The van der Waals surface area contributed by atoms with Crippen molar-refractivity contribution >= 4 is 23.9 Å². The van der Waals surface area contributed by atoms with Crippen LogP contribution in [0.25, 0.3) is 0 Å². The van der Waals surface area contributed by atoms with Crippen molar-refractivity contribution in [3.63, 3.8) is 0 Å². The molecular weight excluding hydrogens is 368 g/mol. The van der Waals surface area contributed by atoms with E-state index in [4.69, 9.17) is 19.7 Å². The number of esters is 2. The summed E-state index contributed by atoms with van der Waals surface area (Å²) in [5.41, 5.74) is 1.63. The SMILES string of the molecule is C=C1C[C@@H](C(=O)O)[C@H](C(=O)O)C1.C=C1C[C@@H](C(=O)OCC)[C@H](C(=O)OCC)C1. The minimum absolute atomic E-state index is 0.298. The van der Waals surface area contributed by atoms with E-state index in [1.807, 2.05) is 0 Å². The topological polar surface area (TPSA) is 127 Å². The van der Waals surface area contributed by atoms with Crippen LogP contribution in [0.4, 0.5) is 0 Å². The molecule has 0 bridgehead atoms. The second-order valence-electron chi connectivity index (χ2n) is 6.92. The highest BCUT2D eigenvalue weighted by Gasteiger charge is 2.41. The lowest BCUT2D eigenvalue weighted by atomic mass is 9.96. The molecular formula is C20H28O8. The summed E-state index contributed by atoms with van der Waals surface area (Å²) in [6, 6.07) is 0. The molecule has 0 unspecified atom stereocenters. The summed E-state index contributed by atoms with van der Waals surface area (Å²) in [7, 11) is 0. The lowest BCUT2D eigenvalue weighted by Crippen LogP contribution is -2.28. The molecule has 2 aliphatic rings. The fraction of sp³-hybridized carbons (Fsp3) is 0.600. The van der Waals surface area contributed by atoms with Gasteiger partial charge >= 0.3 is 23.9 Å². The molecule has 2 aliphatic carbocycles. The maximum absolute atomic E-state index is 11.6. The Morgan fingerprint density at radius 1 is 0.750 bits per heavy atom. The Morgan fingerprint density at radius 2 is 1.04 bits per heavy atom. The van der Waals surface area contributed by atoms with E-state index in [1.54, 1.807) is 13.8 Å². The van der Waals surface area contributed by atoms with Gasteiger partial charge in [0, 0.05) is 0 Å². The largest absolute Gasteiger partial charge is 0.481 e. The van der Waals surface area contributed by atoms with E-state index >= 15 is 0 Å². The van der Waals surface area contributed by atoms with Gasteiger partial charge in [-0.1, -0.05) is 24.3 Å². The van der Waals surface area contributed by atoms with Gasteiger partial charge in [0.2, 0.25) is 0 Å². The zero-order chi connectivity index (χ0) is 21.4. The molecule has 0 aliphatic heterocycles. The Kier molecular flexibility index (Phi) is 8.88. The van der Waals surface area contributed by atoms with Crippen molar-refractivity contribution in [1.82, 2.24) is 0 Å². The molecule has 0 spiro atoms. The van der Waals surface area contributed by atoms with Crippen LogP contribution in [-0.2, 0) is 28.7 Å². The molecule has 8 nitrogen and oxygen atoms in total. The molecule has 28 heavy (non-hydrogen) atoms. The number of allylic oxidation sites excluding steroid dienone is 2. The molecule has 0 aromatic rings. The van der Waals surface area contributed by atoms with Gasteiger partial charge in [0.25, 0.3) is 0 Å². The van der Waals surface area contributed by atoms with Crippen LogP contribution < -0.4 is 0 Å². The van der Waals surface area contributed by atoms with Crippen LogP contribution in [-0.4, -0.2) is 47.3 Å². The summed E-state index contributed by atoms with van der Waals surface area (Å²) in [5, 5.41) is 17.3. The fourth-order valence-electron chi connectivity index (χ4n) is 3.49. The van der Waals surface area contributed by atoms with Gasteiger partial charge in [-0.25, -0.2) is 0 Å². The summed E-state index contributed by atoms with van der Waals surface area (Å²) < 4.78 is 9.89. The van der Waals surface area contributed by atoms with Crippen LogP contribution in [0.15, 0.2) is 24.3 Å². The molecule has 4 atom stereocenters. The predicted octanol–water partition coefficient (Wildman–Crippen LogP) is 2.43. The Balaban J connectivity index is 0.000000292. The normalized spacial score (nSPS) is 26.2. The van der Waals surface area contributed by atoms with E-state index in [0.717, 1.165) is 11.1 Å². The van der Waals surface area contributed by atoms with Crippen molar-refractivity contribution in [3.8, 4) is 0 Å². The first-order valence-corrected chi connectivity index (χ1v) is 9.24. The molecule has 0 radical (unpaired) electrons. The van der Waals surface area contributed by atoms with Gasteiger partial charge in [-0.15, -0.1) is 0 Å². The number of carbonyl (C=O) groups is 4. The molecule has 2 saturated carbocycles. The Hall–Kier alpha value is -2.64. The first-order valence-electron chi connectivity index (χ1n) is 9.24. The van der Waals surface area contributed by atoms with Gasteiger partial charge in [0.05, 0.1) is 36.9 Å². The molecule has 2 rings (SSSR count). The van der Waals surface area contributed by atoms with Crippen LogP contribution in [0.5, 0.6) is 0 Å². The van der Waals surface area contributed by atoms with Gasteiger partial charge < -0.3 is 19.7 Å². The lowest BCUT2D eigenvalue weighted by Gasteiger charge is -2.15. The van der Waals surface area contributed by atoms with Crippen molar-refractivity contribution in [2.24, 2.45) is 23.7 Å². The first kappa shape index (κ1) is 23.4. The van der Waals surface area contributed by atoms with E-state index in [-0.39, 0.29) is 11.9 Å². The summed E-state index contributed by atoms with van der Waals surface area (Å²) >= 11 is 0. The quantitative estimate of drug-likeness (QED) is 0.518. The van der Waals surface area contributed by atoms with Gasteiger partial charge in [-0.3, -0.25) is 19.2 Å².